The molecule has 0 bridgehead atoms. The lowest BCUT2D eigenvalue weighted by Crippen LogP contribution is -2.39. The number of hydrogen-bond donors (Lipinski definition) is 3. The summed E-state index contributed by atoms with van der Waals surface area (Å²) in [5.74, 6) is -0.123. The maximum Gasteiger partial charge on any atom is 0.260 e. The van der Waals surface area contributed by atoms with Gasteiger partial charge in [-0.15, -0.1) is 0 Å². The Morgan fingerprint density at radius 3 is 2.52 bits per heavy atom. The molecule has 0 saturated carbocycles. The van der Waals surface area contributed by atoms with Crippen molar-refractivity contribution in [2.75, 3.05) is 27.2 Å². The van der Waals surface area contributed by atoms with Crippen molar-refractivity contribution in [2.24, 2.45) is 10.9 Å². The topological polar surface area (TPSA) is 117 Å². The molecule has 21 heavy (non-hydrogen) atoms. The van der Waals surface area contributed by atoms with E-state index in [-0.39, 0.29) is 30.8 Å². The Balaban J connectivity index is 2.51. The molecule has 4 N–H and O–H groups in total. The normalized spacial score (nSPS) is 10.9. The quantitative estimate of drug-likeness (QED) is 0.279. The number of carbonyl (C=O) groups is 2. The summed E-state index contributed by atoms with van der Waals surface area (Å²) in [4.78, 5) is 24.1. The molecule has 0 aliphatic rings. The Morgan fingerprint density at radius 1 is 1.38 bits per heavy atom. The van der Waals surface area contributed by atoms with Crippen molar-refractivity contribution < 1.29 is 19.5 Å². The predicted octanol–water partition coefficient (Wildman–Crippen LogP) is -0.636. The summed E-state index contributed by atoms with van der Waals surface area (Å²) < 4.78 is 5.31. The van der Waals surface area contributed by atoms with E-state index in [4.69, 9.17) is 15.7 Å². The van der Waals surface area contributed by atoms with Crippen molar-refractivity contribution in [2.45, 2.75) is 0 Å². The summed E-state index contributed by atoms with van der Waals surface area (Å²) in [7, 11) is 3.02. The zero-order chi connectivity index (χ0) is 15.8. The van der Waals surface area contributed by atoms with Gasteiger partial charge in [-0.05, 0) is 24.3 Å². The number of nitrogens with zero attached hydrogens (tertiary/aromatic N) is 2. The van der Waals surface area contributed by atoms with Gasteiger partial charge in [-0.3, -0.25) is 9.59 Å². The lowest BCUT2D eigenvalue weighted by atomic mass is 10.2. The van der Waals surface area contributed by atoms with Gasteiger partial charge in [0.15, 0.2) is 12.4 Å². The van der Waals surface area contributed by atoms with Crippen LogP contribution in [0.3, 0.4) is 0 Å². The van der Waals surface area contributed by atoms with Crippen LogP contribution in [0.25, 0.3) is 0 Å². The molecule has 8 nitrogen and oxygen atoms in total. The Labute approximate surface area is 122 Å². The van der Waals surface area contributed by atoms with Gasteiger partial charge >= 0.3 is 0 Å². The summed E-state index contributed by atoms with van der Waals surface area (Å²) in [5.41, 5.74) is 5.96. The number of carbonyl (C=O) groups excluding carboxylic acids is 2. The SMILES string of the molecule is CNC(=O)CN(C)C(=O)COc1ccc(/C(N)=N/O)cc1. The lowest BCUT2D eigenvalue weighted by Gasteiger charge is -2.16. The Bertz CT molecular complexity index is 527. The van der Waals surface area contributed by atoms with Gasteiger partial charge in [0.2, 0.25) is 5.91 Å². The van der Waals surface area contributed by atoms with E-state index >= 15 is 0 Å². The van der Waals surface area contributed by atoms with E-state index < -0.39 is 0 Å². The molecule has 1 rings (SSSR count). The fourth-order valence-electron chi connectivity index (χ4n) is 1.42. The van der Waals surface area contributed by atoms with Crippen LogP contribution in [0.1, 0.15) is 5.56 Å². The van der Waals surface area contributed by atoms with Gasteiger partial charge in [-0.2, -0.15) is 0 Å². The van der Waals surface area contributed by atoms with Gasteiger partial charge in [-0.1, -0.05) is 5.16 Å². The molecule has 2 amide bonds. The number of benzene rings is 1. The number of likely N-dealkylation sites (N-methyl/N-ethyl adjacent to an activating group) is 2. The highest BCUT2D eigenvalue weighted by Gasteiger charge is 2.12. The molecule has 0 atom stereocenters. The summed E-state index contributed by atoms with van der Waals surface area (Å²) in [6.07, 6.45) is 0. The third-order valence-electron chi connectivity index (χ3n) is 2.71. The number of nitrogens with two attached hydrogens (primary N) is 1. The van der Waals surface area contributed by atoms with E-state index in [1.807, 2.05) is 0 Å². The van der Waals surface area contributed by atoms with Gasteiger partial charge in [0.1, 0.15) is 5.75 Å². The number of nitrogens with one attached hydrogen (secondary N) is 1. The molecule has 8 heteroatoms. The first-order valence-electron chi connectivity index (χ1n) is 6.13. The van der Waals surface area contributed by atoms with Crippen LogP contribution >= 0.6 is 0 Å². The highest BCUT2D eigenvalue weighted by Crippen LogP contribution is 2.12. The minimum atomic E-state index is -0.320. The van der Waals surface area contributed by atoms with E-state index in [0.717, 1.165) is 0 Å². The van der Waals surface area contributed by atoms with Crippen LogP contribution in [0.2, 0.25) is 0 Å². The predicted molar refractivity (Wildman–Crippen MR) is 76.2 cm³/mol. The van der Waals surface area contributed by atoms with E-state index in [0.29, 0.717) is 11.3 Å². The van der Waals surface area contributed by atoms with Gasteiger partial charge in [0.25, 0.3) is 5.91 Å². The first kappa shape index (κ1) is 16.3. The van der Waals surface area contributed by atoms with E-state index in [2.05, 4.69) is 10.5 Å². The number of amides is 2. The van der Waals surface area contributed by atoms with Crippen LogP contribution in [0.15, 0.2) is 29.4 Å². The molecule has 0 radical (unpaired) electrons. The van der Waals surface area contributed by atoms with Crippen molar-refractivity contribution in [3.8, 4) is 5.75 Å². The molecule has 0 aliphatic heterocycles. The Morgan fingerprint density at radius 2 is 2.00 bits per heavy atom. The molecule has 0 saturated heterocycles. The van der Waals surface area contributed by atoms with Crippen LogP contribution < -0.4 is 15.8 Å². The van der Waals surface area contributed by atoms with Crippen molar-refractivity contribution >= 4 is 17.6 Å². The van der Waals surface area contributed by atoms with Crippen molar-refractivity contribution in [1.29, 1.82) is 0 Å². The van der Waals surface area contributed by atoms with Crippen LogP contribution in [0, 0.1) is 0 Å². The minimum Gasteiger partial charge on any atom is -0.484 e. The molecular weight excluding hydrogens is 276 g/mol. The Kier molecular flexibility index (Phi) is 5.99. The van der Waals surface area contributed by atoms with Crippen LogP contribution in [-0.4, -0.2) is 55.0 Å². The van der Waals surface area contributed by atoms with Gasteiger partial charge < -0.3 is 25.9 Å². The van der Waals surface area contributed by atoms with E-state index in [1.165, 1.54) is 19.0 Å². The third kappa shape index (κ3) is 5.01. The van der Waals surface area contributed by atoms with Gasteiger partial charge in [-0.25, -0.2) is 0 Å². The second kappa shape index (κ2) is 7.73. The average molecular weight is 294 g/mol. The van der Waals surface area contributed by atoms with E-state index in [1.54, 1.807) is 24.3 Å². The molecular formula is C13H18N4O4. The van der Waals surface area contributed by atoms with Crippen LogP contribution in [0.4, 0.5) is 0 Å². The number of ether oxygens (including phenoxy) is 1. The Hall–Kier alpha value is -2.77. The van der Waals surface area contributed by atoms with Gasteiger partial charge in [0.05, 0.1) is 6.54 Å². The summed E-state index contributed by atoms with van der Waals surface area (Å²) in [5, 5.41) is 13.8. The number of rotatable bonds is 6. The summed E-state index contributed by atoms with van der Waals surface area (Å²) in [6, 6.07) is 6.39. The third-order valence-corrected chi connectivity index (χ3v) is 2.71. The summed E-state index contributed by atoms with van der Waals surface area (Å²) >= 11 is 0. The molecule has 1 aromatic carbocycles. The lowest BCUT2D eigenvalue weighted by molar-refractivity contribution is -0.136. The first-order valence-corrected chi connectivity index (χ1v) is 6.13. The van der Waals surface area contributed by atoms with Crippen molar-refractivity contribution in [1.82, 2.24) is 10.2 Å². The zero-order valence-corrected chi connectivity index (χ0v) is 11.9. The number of hydrogen-bond acceptors (Lipinski definition) is 5. The standard InChI is InChI=1S/C13H18N4O4/c1-15-11(18)7-17(2)12(19)8-21-10-5-3-9(4-6-10)13(14)16-20/h3-6,20H,7-8H2,1-2H3,(H2,14,16)(H,15,18). The second-order valence-corrected chi connectivity index (χ2v) is 4.22. The van der Waals surface area contributed by atoms with E-state index in [9.17, 15) is 9.59 Å². The molecule has 0 aromatic heterocycles. The number of amidine groups is 1. The molecule has 114 valence electrons. The van der Waals surface area contributed by atoms with Crippen molar-refractivity contribution in [3.63, 3.8) is 0 Å². The largest absolute Gasteiger partial charge is 0.484 e. The fraction of sp³-hybridized carbons (Fsp3) is 0.308. The monoisotopic (exact) mass is 294 g/mol. The zero-order valence-electron chi connectivity index (χ0n) is 11.9. The highest BCUT2D eigenvalue weighted by molar-refractivity contribution is 5.97. The fourth-order valence-corrected chi connectivity index (χ4v) is 1.42. The van der Waals surface area contributed by atoms with Crippen molar-refractivity contribution in [3.05, 3.63) is 29.8 Å². The first-order chi connectivity index (χ1) is 9.97. The van der Waals surface area contributed by atoms with Crippen LogP contribution in [-0.2, 0) is 9.59 Å². The molecule has 0 heterocycles. The average Bonchev–Trinajstić information content (AvgIpc) is 2.51. The highest BCUT2D eigenvalue weighted by atomic mass is 16.5. The maximum absolute atomic E-state index is 11.7. The molecule has 1 aromatic rings. The second-order valence-electron chi connectivity index (χ2n) is 4.22. The molecule has 0 fully saturated rings. The summed E-state index contributed by atoms with van der Waals surface area (Å²) in [6.45, 7) is -0.211. The molecule has 0 spiro atoms. The molecule has 0 aliphatic carbocycles. The van der Waals surface area contributed by atoms with Gasteiger partial charge in [0, 0.05) is 19.7 Å². The number of oxime groups is 1. The minimum absolute atomic E-state index is 0.0112. The maximum atomic E-state index is 11.7. The molecule has 0 unspecified atom stereocenters. The smallest absolute Gasteiger partial charge is 0.260 e. The van der Waals surface area contributed by atoms with Crippen LogP contribution in [0.5, 0.6) is 5.75 Å².